The number of rotatable bonds is 5. The summed E-state index contributed by atoms with van der Waals surface area (Å²) in [6.07, 6.45) is 7.49. The van der Waals surface area contributed by atoms with Gasteiger partial charge in [-0.15, -0.1) is 0 Å². The number of carbonyl (C=O) groups is 1. The maximum atomic E-state index is 13.3. The van der Waals surface area contributed by atoms with E-state index in [0.29, 0.717) is 17.9 Å². The fourth-order valence-electron chi connectivity index (χ4n) is 4.32. The number of hydrogen-bond acceptors (Lipinski definition) is 6. The molecule has 2 saturated heterocycles. The molecule has 7 heteroatoms. The van der Waals surface area contributed by atoms with Crippen LogP contribution in [-0.2, 0) is 4.79 Å². The Hall–Kier alpha value is -2.64. The van der Waals surface area contributed by atoms with Gasteiger partial charge in [0.15, 0.2) is 11.5 Å². The van der Waals surface area contributed by atoms with Crippen LogP contribution in [0.25, 0.3) is 0 Å². The normalized spacial score (nSPS) is 24.3. The number of nitrogens with one attached hydrogen (secondary N) is 2. The standard InChI is InChI=1S/C22H28N4O3/c1-28-20-9-8-15(12-21(20)29-2)17-13-18(25-24-17)22(27)26-11-4-3-7-19(26)16-6-5-10-23-14-16/h5-6,8-10,12,14,17-19,24-25H,3-4,7,11,13H2,1-2H3/t17?,18?,19-/m1/s1. The third-order valence-electron chi connectivity index (χ3n) is 5.87. The predicted octanol–water partition coefficient (Wildman–Crippen LogP) is 2.76. The van der Waals surface area contributed by atoms with E-state index in [9.17, 15) is 4.79 Å². The van der Waals surface area contributed by atoms with Crippen molar-refractivity contribution in [2.45, 2.75) is 43.8 Å². The predicted molar refractivity (Wildman–Crippen MR) is 110 cm³/mol. The quantitative estimate of drug-likeness (QED) is 0.810. The number of hydrogen-bond donors (Lipinski definition) is 2. The van der Waals surface area contributed by atoms with Crippen LogP contribution in [0.15, 0.2) is 42.7 Å². The summed E-state index contributed by atoms with van der Waals surface area (Å²) < 4.78 is 10.7. The maximum absolute atomic E-state index is 13.3. The van der Waals surface area contributed by atoms with E-state index in [0.717, 1.165) is 36.9 Å². The summed E-state index contributed by atoms with van der Waals surface area (Å²) in [7, 11) is 3.25. The van der Waals surface area contributed by atoms with E-state index in [1.54, 1.807) is 20.4 Å². The lowest BCUT2D eigenvalue weighted by Gasteiger charge is -2.37. The Labute approximate surface area is 171 Å². The van der Waals surface area contributed by atoms with Gasteiger partial charge in [-0.05, 0) is 55.0 Å². The minimum Gasteiger partial charge on any atom is -0.493 e. The SMILES string of the molecule is COc1ccc(C2CC(C(=O)N3CCCC[C@@H]3c3cccnc3)NN2)cc1OC. The first kappa shape index (κ1) is 19.7. The van der Waals surface area contributed by atoms with Crippen molar-refractivity contribution < 1.29 is 14.3 Å². The van der Waals surface area contributed by atoms with Crippen molar-refractivity contribution in [3.63, 3.8) is 0 Å². The Balaban J connectivity index is 1.47. The highest BCUT2D eigenvalue weighted by atomic mass is 16.5. The Bertz CT molecular complexity index is 845. The third kappa shape index (κ3) is 4.06. The number of hydrazine groups is 1. The number of ether oxygens (including phenoxy) is 2. The van der Waals surface area contributed by atoms with Gasteiger partial charge in [-0.25, -0.2) is 10.9 Å². The van der Waals surface area contributed by atoms with Crippen LogP contribution in [0.5, 0.6) is 11.5 Å². The summed E-state index contributed by atoms with van der Waals surface area (Å²) in [5.74, 6) is 1.53. The van der Waals surface area contributed by atoms with Crippen LogP contribution in [0.4, 0.5) is 0 Å². The molecule has 3 atom stereocenters. The molecule has 1 aromatic heterocycles. The molecule has 7 nitrogen and oxygen atoms in total. The summed E-state index contributed by atoms with van der Waals surface area (Å²) in [4.78, 5) is 19.6. The fourth-order valence-corrected chi connectivity index (χ4v) is 4.32. The highest BCUT2D eigenvalue weighted by Gasteiger charge is 2.37. The first-order valence-corrected chi connectivity index (χ1v) is 10.1. The Morgan fingerprint density at radius 2 is 1.97 bits per heavy atom. The Kier molecular flexibility index (Phi) is 5.97. The molecule has 4 rings (SSSR count). The monoisotopic (exact) mass is 396 g/mol. The van der Waals surface area contributed by atoms with Gasteiger partial charge in [0.25, 0.3) is 0 Å². The summed E-state index contributed by atoms with van der Waals surface area (Å²) in [5.41, 5.74) is 8.67. The zero-order valence-electron chi connectivity index (χ0n) is 16.9. The molecule has 0 spiro atoms. The van der Waals surface area contributed by atoms with E-state index in [2.05, 4.69) is 21.9 Å². The molecule has 0 radical (unpaired) electrons. The van der Waals surface area contributed by atoms with Crippen LogP contribution >= 0.6 is 0 Å². The second kappa shape index (κ2) is 8.80. The molecular weight excluding hydrogens is 368 g/mol. The lowest BCUT2D eigenvalue weighted by Crippen LogP contribution is -2.48. The molecule has 0 aliphatic carbocycles. The number of carbonyl (C=O) groups excluding carboxylic acids is 1. The smallest absolute Gasteiger partial charge is 0.241 e. The molecule has 3 heterocycles. The van der Waals surface area contributed by atoms with Gasteiger partial charge >= 0.3 is 0 Å². The van der Waals surface area contributed by atoms with E-state index in [1.807, 2.05) is 35.4 Å². The Morgan fingerprint density at radius 3 is 2.72 bits per heavy atom. The molecule has 0 saturated carbocycles. The van der Waals surface area contributed by atoms with Crippen LogP contribution in [0, 0.1) is 0 Å². The van der Waals surface area contributed by atoms with Gasteiger partial charge in [-0.1, -0.05) is 12.1 Å². The van der Waals surface area contributed by atoms with Crippen LogP contribution in [-0.4, -0.2) is 42.6 Å². The van der Waals surface area contributed by atoms with Crippen molar-refractivity contribution in [2.75, 3.05) is 20.8 Å². The number of methoxy groups -OCH3 is 2. The number of nitrogens with zero attached hydrogens (tertiary/aromatic N) is 2. The molecule has 1 amide bonds. The molecule has 154 valence electrons. The van der Waals surface area contributed by atoms with E-state index >= 15 is 0 Å². The van der Waals surface area contributed by atoms with Gasteiger partial charge in [0.1, 0.15) is 6.04 Å². The molecule has 2 fully saturated rings. The molecule has 29 heavy (non-hydrogen) atoms. The van der Waals surface area contributed by atoms with Crippen molar-refractivity contribution >= 4 is 5.91 Å². The molecule has 2 aliphatic rings. The van der Waals surface area contributed by atoms with Crippen LogP contribution in [0.2, 0.25) is 0 Å². The van der Waals surface area contributed by atoms with Crippen LogP contribution in [0.1, 0.15) is 48.9 Å². The van der Waals surface area contributed by atoms with Crippen molar-refractivity contribution in [3.8, 4) is 11.5 Å². The second-order valence-corrected chi connectivity index (χ2v) is 7.57. The number of aromatic nitrogens is 1. The number of piperidine rings is 1. The topological polar surface area (TPSA) is 75.7 Å². The average molecular weight is 396 g/mol. The van der Waals surface area contributed by atoms with Gasteiger partial charge in [-0.2, -0.15) is 0 Å². The largest absolute Gasteiger partial charge is 0.493 e. The first-order chi connectivity index (χ1) is 14.2. The lowest BCUT2D eigenvalue weighted by molar-refractivity contribution is -0.137. The molecule has 2 aliphatic heterocycles. The van der Waals surface area contributed by atoms with Gasteiger partial charge in [0.05, 0.1) is 20.3 Å². The summed E-state index contributed by atoms with van der Waals surface area (Å²) in [6, 6.07) is 9.75. The molecule has 2 unspecified atom stereocenters. The second-order valence-electron chi connectivity index (χ2n) is 7.57. The van der Waals surface area contributed by atoms with E-state index < -0.39 is 0 Å². The summed E-state index contributed by atoms with van der Waals surface area (Å²) >= 11 is 0. The maximum Gasteiger partial charge on any atom is 0.241 e. The third-order valence-corrected chi connectivity index (χ3v) is 5.87. The van der Waals surface area contributed by atoms with Crippen LogP contribution in [0.3, 0.4) is 0 Å². The van der Waals surface area contributed by atoms with Crippen molar-refractivity contribution in [1.82, 2.24) is 20.7 Å². The number of likely N-dealkylation sites (tertiary alicyclic amines) is 1. The minimum atomic E-state index is -0.259. The summed E-state index contributed by atoms with van der Waals surface area (Å²) in [6.45, 7) is 0.789. The highest BCUT2D eigenvalue weighted by Crippen LogP contribution is 2.35. The molecule has 2 aromatic rings. The Morgan fingerprint density at radius 1 is 1.10 bits per heavy atom. The average Bonchev–Trinajstić information content (AvgIpc) is 3.29. The fraction of sp³-hybridized carbons (Fsp3) is 0.455. The number of pyridine rings is 1. The van der Waals surface area contributed by atoms with Crippen molar-refractivity contribution in [2.24, 2.45) is 0 Å². The van der Waals surface area contributed by atoms with Gasteiger partial charge in [0.2, 0.25) is 5.91 Å². The highest BCUT2D eigenvalue weighted by molar-refractivity contribution is 5.82. The lowest BCUT2D eigenvalue weighted by atomic mass is 9.94. The van der Waals surface area contributed by atoms with E-state index in [1.165, 1.54) is 0 Å². The van der Waals surface area contributed by atoms with Crippen molar-refractivity contribution in [3.05, 3.63) is 53.9 Å². The summed E-state index contributed by atoms with van der Waals surface area (Å²) in [5, 5.41) is 0. The molecule has 0 bridgehead atoms. The zero-order chi connectivity index (χ0) is 20.2. The molecule has 2 N–H and O–H groups in total. The van der Waals surface area contributed by atoms with Crippen LogP contribution < -0.4 is 20.3 Å². The first-order valence-electron chi connectivity index (χ1n) is 10.1. The van der Waals surface area contributed by atoms with Gasteiger partial charge in [-0.3, -0.25) is 9.78 Å². The van der Waals surface area contributed by atoms with Gasteiger partial charge < -0.3 is 14.4 Å². The number of amides is 1. The van der Waals surface area contributed by atoms with Gasteiger partial charge in [0, 0.05) is 25.0 Å². The minimum absolute atomic E-state index is 0.0328. The number of benzene rings is 1. The zero-order valence-corrected chi connectivity index (χ0v) is 16.9. The molecular formula is C22H28N4O3. The van der Waals surface area contributed by atoms with E-state index in [-0.39, 0.29) is 24.0 Å². The van der Waals surface area contributed by atoms with Crippen molar-refractivity contribution in [1.29, 1.82) is 0 Å². The van der Waals surface area contributed by atoms with E-state index in [4.69, 9.17) is 9.47 Å². The molecule has 1 aromatic carbocycles.